The van der Waals surface area contributed by atoms with Crippen LogP contribution in [-0.4, -0.2) is 16.0 Å². The molecule has 10 aromatic carbocycles. The fraction of sp³-hybridized carbons (Fsp3) is 0.184. The lowest BCUT2D eigenvalue weighted by Gasteiger charge is -2.43. The van der Waals surface area contributed by atoms with Gasteiger partial charge in [-0.3, -0.25) is 9.59 Å². The highest BCUT2D eigenvalue weighted by Gasteiger charge is 2.56. The summed E-state index contributed by atoms with van der Waals surface area (Å²) in [7, 11) is 0. The maximum absolute atomic E-state index is 16.6. The van der Waals surface area contributed by atoms with Crippen LogP contribution in [0.4, 0.5) is 0 Å². The number of benzene rings is 10. The molecule has 0 spiro atoms. The molecule has 6 aliphatic carbocycles. The Kier molecular flexibility index (Phi) is 8.92. The summed E-state index contributed by atoms with van der Waals surface area (Å²) in [6.45, 7) is 13.6. The molecule has 6 aliphatic rings. The minimum atomic E-state index is -0.897. The second kappa shape index (κ2) is 15.5. The summed E-state index contributed by atoms with van der Waals surface area (Å²) in [6.07, 6.45) is 1.32. The maximum atomic E-state index is 16.6. The number of para-hydroxylation sites is 1. The topological polar surface area (TPSA) is 51.7 Å². The standard InChI is InChI=1S/C76H57NO3/c1-73(2,3)40-75-59-27-15-10-23-47(59)67(48-24-11-16-28-60(48)75)53-36-51-55-34-43(44-32-33-46-45-22-14-19-31-65(45)80-70(46)66(44)42-20-8-7-9-21-42)35-56-52-37-54-58(39-64(52)77(69(55)56)63(51)38-57(53)71(75)78)72(79)76(41-74(4,5)6)61-29-17-12-25-49(61)68(54)50-26-13-18-30-62(50)76/h7-39,67-68H,40-41H2,1-6H3. The van der Waals surface area contributed by atoms with E-state index in [0.717, 1.165) is 127 Å². The average Bonchev–Trinajstić information content (AvgIpc) is 2.46. The predicted octanol–water partition coefficient (Wildman–Crippen LogP) is 18.9. The molecule has 3 aromatic heterocycles. The molecular weight excluding hydrogens is 975 g/mol. The molecule has 0 amide bonds. The number of fused-ring (bicyclic) bond motifs is 9. The molecule has 0 N–H and O–H groups in total. The summed E-state index contributed by atoms with van der Waals surface area (Å²) in [6, 6.07) is 72.7. The number of carbonyl (C=O) groups excluding carboxylic acids is 2. The lowest BCUT2D eigenvalue weighted by molar-refractivity contribution is 0.0866. The molecule has 0 saturated carbocycles. The molecule has 4 heteroatoms. The van der Waals surface area contributed by atoms with E-state index in [1.54, 1.807) is 0 Å². The second-order valence-electron chi connectivity index (χ2n) is 26.2. The first-order valence-electron chi connectivity index (χ1n) is 28.6. The van der Waals surface area contributed by atoms with E-state index in [-0.39, 0.29) is 34.2 Å². The highest BCUT2D eigenvalue weighted by atomic mass is 16.3. The summed E-state index contributed by atoms with van der Waals surface area (Å²) >= 11 is 0. The summed E-state index contributed by atoms with van der Waals surface area (Å²) in [5.74, 6) is 0.00986. The summed E-state index contributed by atoms with van der Waals surface area (Å²) in [4.78, 5) is 33.1. The van der Waals surface area contributed by atoms with Crippen molar-refractivity contribution in [2.24, 2.45) is 10.8 Å². The van der Waals surface area contributed by atoms with Gasteiger partial charge in [-0.25, -0.2) is 0 Å². The Morgan fingerprint density at radius 3 is 1.31 bits per heavy atom. The number of Topliss-reactive ketones (excluding diaryl/α,β-unsaturated/α-hetero) is 2. The van der Waals surface area contributed by atoms with Crippen molar-refractivity contribution < 1.29 is 14.0 Å². The van der Waals surface area contributed by atoms with Crippen molar-refractivity contribution in [2.75, 3.05) is 0 Å². The molecule has 3 heterocycles. The number of hydrogen-bond donors (Lipinski definition) is 0. The first-order valence-corrected chi connectivity index (χ1v) is 28.6. The largest absolute Gasteiger partial charge is 0.455 e. The van der Waals surface area contributed by atoms with Gasteiger partial charge in [0.1, 0.15) is 11.2 Å². The van der Waals surface area contributed by atoms with E-state index in [2.05, 4.69) is 240 Å². The van der Waals surface area contributed by atoms with Crippen LogP contribution in [-0.2, 0) is 10.8 Å². The highest BCUT2D eigenvalue weighted by molar-refractivity contribution is 6.27. The minimum absolute atomic E-state index is 0.149. The van der Waals surface area contributed by atoms with Crippen LogP contribution in [0.5, 0.6) is 0 Å². The molecule has 4 nitrogen and oxygen atoms in total. The lowest BCUT2D eigenvalue weighted by Crippen LogP contribution is -2.42. The molecular formula is C76H57NO3. The van der Waals surface area contributed by atoms with Gasteiger partial charge in [-0.2, -0.15) is 0 Å². The summed E-state index contributed by atoms with van der Waals surface area (Å²) < 4.78 is 9.34. The quantitative estimate of drug-likeness (QED) is 0.176. The van der Waals surface area contributed by atoms with Gasteiger partial charge in [0.25, 0.3) is 0 Å². The fourth-order valence-corrected chi connectivity index (χ4v) is 16.5. The first-order chi connectivity index (χ1) is 38.7. The van der Waals surface area contributed by atoms with Crippen molar-refractivity contribution in [3.63, 3.8) is 0 Å². The average molecular weight is 1030 g/mol. The van der Waals surface area contributed by atoms with E-state index in [4.69, 9.17) is 4.42 Å². The van der Waals surface area contributed by atoms with Crippen molar-refractivity contribution in [3.8, 4) is 22.3 Å². The number of hydrogen-bond acceptors (Lipinski definition) is 3. The molecule has 0 saturated heterocycles. The SMILES string of the molecule is CC(C)(C)CC12C(=O)c3cc4c(cc3C(c3ccccc31)c1ccccc12)c1cc(-c2ccc3c(oc5ccccc53)c2-c2ccccc2)cc2c3cc5c(cc3n4c12)C(=O)C1(CC(C)(C)C)c2ccccc2C5c2ccccc21. The van der Waals surface area contributed by atoms with E-state index in [1.165, 1.54) is 22.3 Å². The number of rotatable bonds is 4. The summed E-state index contributed by atoms with van der Waals surface area (Å²) in [5, 5.41) is 6.55. The molecule has 0 atom stereocenters. The third kappa shape index (κ3) is 5.81. The molecule has 0 aliphatic heterocycles. The van der Waals surface area contributed by atoms with Crippen LogP contribution in [0.1, 0.15) is 143 Å². The second-order valence-corrected chi connectivity index (χ2v) is 26.2. The third-order valence-electron chi connectivity index (χ3n) is 19.1. The Labute approximate surface area is 464 Å². The van der Waals surface area contributed by atoms with E-state index in [0.29, 0.717) is 12.8 Å². The number of ketones is 2. The lowest BCUT2D eigenvalue weighted by atomic mass is 9.58. The molecule has 0 unspecified atom stereocenters. The van der Waals surface area contributed by atoms with Gasteiger partial charge < -0.3 is 8.82 Å². The van der Waals surface area contributed by atoms with Crippen molar-refractivity contribution in [2.45, 2.75) is 77.0 Å². The Morgan fingerprint density at radius 2 is 0.838 bits per heavy atom. The van der Waals surface area contributed by atoms with E-state index in [1.807, 2.05) is 6.07 Å². The summed E-state index contributed by atoms with van der Waals surface area (Å²) in [5.41, 5.74) is 19.8. The third-order valence-corrected chi connectivity index (χ3v) is 19.1. The molecule has 4 bridgehead atoms. The smallest absolute Gasteiger partial charge is 0.178 e. The van der Waals surface area contributed by atoms with E-state index in [9.17, 15) is 0 Å². The van der Waals surface area contributed by atoms with Gasteiger partial charge in [0.2, 0.25) is 0 Å². The minimum Gasteiger partial charge on any atom is -0.455 e. The molecule has 0 radical (unpaired) electrons. The first kappa shape index (κ1) is 46.1. The van der Waals surface area contributed by atoms with E-state index >= 15 is 9.59 Å². The molecule has 384 valence electrons. The van der Waals surface area contributed by atoms with Crippen LogP contribution in [0.2, 0.25) is 0 Å². The Bertz CT molecular complexity index is 4590. The molecule has 0 fully saturated rings. The van der Waals surface area contributed by atoms with Crippen LogP contribution in [0.25, 0.3) is 82.3 Å². The van der Waals surface area contributed by atoms with Crippen LogP contribution in [0, 0.1) is 10.8 Å². The molecule has 80 heavy (non-hydrogen) atoms. The zero-order chi connectivity index (χ0) is 53.9. The van der Waals surface area contributed by atoms with Gasteiger partial charge in [-0.15, -0.1) is 0 Å². The predicted molar refractivity (Wildman–Crippen MR) is 325 cm³/mol. The Hall–Kier alpha value is -8.86. The normalized spacial score (nSPS) is 19.9. The van der Waals surface area contributed by atoms with Gasteiger partial charge in [0.15, 0.2) is 11.6 Å². The zero-order valence-corrected chi connectivity index (χ0v) is 45.8. The molecule has 13 aromatic rings. The van der Waals surface area contributed by atoms with Crippen molar-refractivity contribution in [1.82, 2.24) is 4.40 Å². The molecule has 19 rings (SSSR count). The van der Waals surface area contributed by atoms with Gasteiger partial charge in [-0.1, -0.05) is 193 Å². The van der Waals surface area contributed by atoms with Crippen molar-refractivity contribution in [1.29, 1.82) is 0 Å². The monoisotopic (exact) mass is 1030 g/mol. The van der Waals surface area contributed by atoms with Crippen LogP contribution in [0.15, 0.2) is 205 Å². The van der Waals surface area contributed by atoms with Crippen molar-refractivity contribution in [3.05, 3.63) is 267 Å². The van der Waals surface area contributed by atoms with Crippen LogP contribution >= 0.6 is 0 Å². The maximum Gasteiger partial charge on any atom is 0.178 e. The van der Waals surface area contributed by atoms with Gasteiger partial charge >= 0.3 is 0 Å². The Balaban J connectivity index is 1.03. The Morgan fingerprint density at radius 1 is 0.400 bits per heavy atom. The zero-order valence-electron chi connectivity index (χ0n) is 45.8. The van der Waals surface area contributed by atoms with Gasteiger partial charge in [0.05, 0.1) is 27.4 Å². The highest BCUT2D eigenvalue weighted by Crippen LogP contribution is 2.61. The van der Waals surface area contributed by atoms with Crippen LogP contribution < -0.4 is 0 Å². The van der Waals surface area contributed by atoms with Gasteiger partial charge in [0, 0.05) is 60.8 Å². The van der Waals surface area contributed by atoms with Crippen LogP contribution in [0.3, 0.4) is 0 Å². The van der Waals surface area contributed by atoms with E-state index < -0.39 is 10.8 Å². The van der Waals surface area contributed by atoms with Gasteiger partial charge in [-0.05, 0) is 145 Å². The number of carbonyl (C=O) groups is 2. The number of furan rings is 1. The number of nitrogens with zero attached hydrogens (tertiary/aromatic N) is 1. The fourth-order valence-electron chi connectivity index (χ4n) is 16.5. The van der Waals surface area contributed by atoms with Crippen molar-refractivity contribution >= 4 is 71.6 Å². The number of aromatic nitrogens is 1.